The summed E-state index contributed by atoms with van der Waals surface area (Å²) in [5.74, 6) is 0.557. The molecule has 0 aliphatic carbocycles. The first kappa shape index (κ1) is 16.2. The molecule has 0 radical (unpaired) electrons. The second-order valence-electron chi connectivity index (χ2n) is 5.91. The molecule has 0 aromatic heterocycles. The zero-order valence-electron chi connectivity index (χ0n) is 13.1. The first-order valence-corrected chi connectivity index (χ1v) is 9.45. The first-order chi connectivity index (χ1) is 11.1. The average Bonchev–Trinajstić information content (AvgIpc) is 3.05. The van der Waals surface area contributed by atoms with E-state index in [4.69, 9.17) is 0 Å². The lowest BCUT2D eigenvalue weighted by Crippen LogP contribution is -2.33. The van der Waals surface area contributed by atoms with Gasteiger partial charge < -0.3 is 4.90 Å². The van der Waals surface area contributed by atoms with Gasteiger partial charge in [0.1, 0.15) is 0 Å². The van der Waals surface area contributed by atoms with Crippen LogP contribution in [-0.4, -0.2) is 39.5 Å². The molecule has 1 fully saturated rings. The Morgan fingerprint density at radius 3 is 2.35 bits per heavy atom. The Kier molecular flexibility index (Phi) is 5.10. The normalized spacial score (nSPS) is 19.0. The van der Waals surface area contributed by atoms with Crippen LogP contribution in [0.1, 0.15) is 17.9 Å². The zero-order chi connectivity index (χ0) is 16.1. The molecule has 0 saturated carbocycles. The molecule has 1 atom stereocenters. The summed E-state index contributed by atoms with van der Waals surface area (Å²) in [6, 6.07) is 19.0. The van der Waals surface area contributed by atoms with Gasteiger partial charge in [0.05, 0.1) is 4.90 Å². The summed E-state index contributed by atoms with van der Waals surface area (Å²) >= 11 is 0. The van der Waals surface area contributed by atoms with Crippen molar-refractivity contribution in [2.24, 2.45) is 0 Å². The van der Waals surface area contributed by atoms with Gasteiger partial charge in [-0.05, 0) is 36.6 Å². The van der Waals surface area contributed by atoms with Crippen LogP contribution in [-0.2, 0) is 10.0 Å². The Hall–Kier alpha value is -1.69. The molecule has 0 amide bonds. The highest BCUT2D eigenvalue weighted by molar-refractivity contribution is 7.89. The molecule has 1 unspecified atom stereocenters. The Labute approximate surface area is 138 Å². The van der Waals surface area contributed by atoms with Crippen molar-refractivity contribution in [1.82, 2.24) is 9.62 Å². The summed E-state index contributed by atoms with van der Waals surface area (Å²) in [6.07, 6.45) is 1.13. The largest absolute Gasteiger partial charge is 0.301 e. The lowest BCUT2D eigenvalue weighted by molar-refractivity contribution is 0.339. The van der Waals surface area contributed by atoms with Gasteiger partial charge in [-0.1, -0.05) is 48.5 Å². The van der Waals surface area contributed by atoms with E-state index in [1.165, 1.54) is 5.56 Å². The molecule has 1 heterocycles. The predicted octanol–water partition coefficient (Wildman–Crippen LogP) is 2.45. The summed E-state index contributed by atoms with van der Waals surface area (Å²) in [5, 5.41) is 0. The van der Waals surface area contributed by atoms with Gasteiger partial charge in [0.15, 0.2) is 0 Å². The SMILES string of the molecule is O=S(=O)(NCCN1CCC(c2ccccc2)C1)c1ccccc1. The van der Waals surface area contributed by atoms with Gasteiger partial charge >= 0.3 is 0 Å². The molecule has 23 heavy (non-hydrogen) atoms. The summed E-state index contributed by atoms with van der Waals surface area (Å²) in [7, 11) is -3.39. The van der Waals surface area contributed by atoms with Crippen LogP contribution in [0.5, 0.6) is 0 Å². The van der Waals surface area contributed by atoms with Crippen molar-refractivity contribution in [3.63, 3.8) is 0 Å². The predicted molar refractivity (Wildman–Crippen MR) is 91.9 cm³/mol. The van der Waals surface area contributed by atoms with Crippen LogP contribution < -0.4 is 4.72 Å². The monoisotopic (exact) mass is 330 g/mol. The van der Waals surface area contributed by atoms with E-state index in [1.807, 2.05) is 12.1 Å². The molecule has 122 valence electrons. The molecule has 3 rings (SSSR count). The fourth-order valence-electron chi connectivity index (χ4n) is 3.05. The smallest absolute Gasteiger partial charge is 0.240 e. The van der Waals surface area contributed by atoms with Crippen molar-refractivity contribution in [2.75, 3.05) is 26.2 Å². The van der Waals surface area contributed by atoms with E-state index < -0.39 is 10.0 Å². The lowest BCUT2D eigenvalue weighted by atomic mass is 9.99. The minimum atomic E-state index is -3.39. The van der Waals surface area contributed by atoms with Crippen LogP contribution in [0, 0.1) is 0 Å². The lowest BCUT2D eigenvalue weighted by Gasteiger charge is -2.16. The molecule has 0 spiro atoms. The van der Waals surface area contributed by atoms with Crippen LogP contribution in [0.25, 0.3) is 0 Å². The number of benzene rings is 2. The topological polar surface area (TPSA) is 49.4 Å². The first-order valence-electron chi connectivity index (χ1n) is 7.97. The fraction of sp³-hybridized carbons (Fsp3) is 0.333. The highest BCUT2D eigenvalue weighted by Crippen LogP contribution is 2.26. The Bertz CT molecular complexity index is 717. The third-order valence-electron chi connectivity index (χ3n) is 4.32. The fourth-order valence-corrected chi connectivity index (χ4v) is 4.10. The summed E-state index contributed by atoms with van der Waals surface area (Å²) < 4.78 is 27.0. The van der Waals surface area contributed by atoms with Crippen LogP contribution >= 0.6 is 0 Å². The molecular formula is C18H22N2O2S. The molecule has 0 bridgehead atoms. The van der Waals surface area contributed by atoms with Crippen molar-refractivity contribution in [3.8, 4) is 0 Å². The maximum Gasteiger partial charge on any atom is 0.240 e. The van der Waals surface area contributed by atoms with Crippen molar-refractivity contribution in [1.29, 1.82) is 0 Å². The standard InChI is InChI=1S/C18H22N2O2S/c21-23(22,18-9-5-2-6-10-18)19-12-14-20-13-11-17(15-20)16-7-3-1-4-8-16/h1-10,17,19H,11-15H2. The van der Waals surface area contributed by atoms with Gasteiger partial charge in [0.25, 0.3) is 0 Å². The number of rotatable bonds is 6. The quantitative estimate of drug-likeness (QED) is 0.885. The highest BCUT2D eigenvalue weighted by atomic mass is 32.2. The number of nitrogens with zero attached hydrogens (tertiary/aromatic N) is 1. The van der Waals surface area contributed by atoms with Crippen molar-refractivity contribution in [3.05, 3.63) is 66.2 Å². The van der Waals surface area contributed by atoms with Crippen LogP contribution in [0.15, 0.2) is 65.6 Å². The van der Waals surface area contributed by atoms with Crippen molar-refractivity contribution < 1.29 is 8.42 Å². The van der Waals surface area contributed by atoms with Gasteiger partial charge in [-0.15, -0.1) is 0 Å². The maximum absolute atomic E-state index is 12.2. The van der Waals surface area contributed by atoms with E-state index in [0.29, 0.717) is 17.4 Å². The number of sulfonamides is 1. The van der Waals surface area contributed by atoms with E-state index in [2.05, 4.69) is 33.9 Å². The number of nitrogens with one attached hydrogen (secondary N) is 1. The van der Waals surface area contributed by atoms with Crippen molar-refractivity contribution >= 4 is 10.0 Å². The van der Waals surface area contributed by atoms with Crippen LogP contribution in [0.2, 0.25) is 0 Å². The molecule has 1 N–H and O–H groups in total. The molecule has 1 aliphatic rings. The molecule has 2 aromatic rings. The molecule has 5 heteroatoms. The number of likely N-dealkylation sites (tertiary alicyclic amines) is 1. The Morgan fingerprint density at radius 1 is 1.00 bits per heavy atom. The molecular weight excluding hydrogens is 308 g/mol. The zero-order valence-corrected chi connectivity index (χ0v) is 13.9. The Balaban J connectivity index is 1.49. The van der Waals surface area contributed by atoms with Gasteiger partial charge in [0.2, 0.25) is 10.0 Å². The molecule has 1 saturated heterocycles. The average molecular weight is 330 g/mol. The molecule has 2 aromatic carbocycles. The van der Waals surface area contributed by atoms with Crippen LogP contribution in [0.3, 0.4) is 0 Å². The summed E-state index contributed by atoms with van der Waals surface area (Å²) in [4.78, 5) is 2.65. The van der Waals surface area contributed by atoms with Crippen LogP contribution in [0.4, 0.5) is 0 Å². The number of hydrogen-bond donors (Lipinski definition) is 1. The van der Waals surface area contributed by atoms with Gasteiger partial charge in [-0.2, -0.15) is 0 Å². The molecule has 4 nitrogen and oxygen atoms in total. The van der Waals surface area contributed by atoms with Gasteiger partial charge in [-0.3, -0.25) is 0 Å². The summed E-state index contributed by atoms with van der Waals surface area (Å²) in [6.45, 7) is 3.21. The van der Waals surface area contributed by atoms with E-state index in [9.17, 15) is 8.42 Å². The second kappa shape index (κ2) is 7.25. The van der Waals surface area contributed by atoms with Gasteiger partial charge in [0, 0.05) is 19.6 Å². The van der Waals surface area contributed by atoms with E-state index >= 15 is 0 Å². The molecule has 1 aliphatic heterocycles. The second-order valence-corrected chi connectivity index (χ2v) is 7.67. The van der Waals surface area contributed by atoms with Gasteiger partial charge in [-0.25, -0.2) is 13.1 Å². The minimum absolute atomic E-state index is 0.323. The minimum Gasteiger partial charge on any atom is -0.301 e. The van der Waals surface area contributed by atoms with E-state index in [1.54, 1.807) is 24.3 Å². The third kappa shape index (κ3) is 4.19. The highest BCUT2D eigenvalue weighted by Gasteiger charge is 2.23. The Morgan fingerprint density at radius 2 is 1.65 bits per heavy atom. The van der Waals surface area contributed by atoms with E-state index in [-0.39, 0.29) is 0 Å². The van der Waals surface area contributed by atoms with E-state index in [0.717, 1.165) is 26.1 Å². The van der Waals surface area contributed by atoms with Crippen molar-refractivity contribution in [2.45, 2.75) is 17.2 Å². The maximum atomic E-state index is 12.2. The third-order valence-corrected chi connectivity index (χ3v) is 5.79. The summed E-state index contributed by atoms with van der Waals surface area (Å²) in [5.41, 5.74) is 1.37. The number of hydrogen-bond acceptors (Lipinski definition) is 3.